The number of sulfonamides is 1. The van der Waals surface area contributed by atoms with Gasteiger partial charge in [0.1, 0.15) is 36.3 Å². The molecule has 1 heterocycles. The highest BCUT2D eigenvalue weighted by atomic mass is 35.5. The van der Waals surface area contributed by atoms with Crippen LogP contribution >= 0.6 is 11.6 Å². The van der Waals surface area contributed by atoms with Gasteiger partial charge in [-0.2, -0.15) is 5.26 Å². The molecule has 9 heteroatoms. The molecule has 3 aromatic carbocycles. The van der Waals surface area contributed by atoms with Gasteiger partial charge in [0, 0.05) is 6.07 Å². The summed E-state index contributed by atoms with van der Waals surface area (Å²) in [5.74, 6) is 1.71. The molecule has 1 aliphatic rings. The molecule has 0 aliphatic carbocycles. The summed E-state index contributed by atoms with van der Waals surface area (Å²) in [6.07, 6.45) is 0. The van der Waals surface area contributed by atoms with E-state index in [-0.39, 0.29) is 21.2 Å². The molecule has 0 atom stereocenters. The predicted octanol–water partition coefficient (Wildman–Crippen LogP) is 4.58. The van der Waals surface area contributed by atoms with Crippen LogP contribution in [-0.2, 0) is 10.0 Å². The molecule has 30 heavy (non-hydrogen) atoms. The van der Waals surface area contributed by atoms with Gasteiger partial charge in [-0.15, -0.1) is 0 Å². The number of rotatable bonds is 5. The van der Waals surface area contributed by atoms with Crippen LogP contribution in [0.1, 0.15) is 5.56 Å². The number of hydrogen-bond donors (Lipinski definition) is 1. The Morgan fingerprint density at radius 2 is 1.73 bits per heavy atom. The maximum atomic E-state index is 12.7. The third-order valence-electron chi connectivity index (χ3n) is 4.24. The number of halogens is 1. The molecule has 1 N–H and O–H groups in total. The fourth-order valence-corrected chi connectivity index (χ4v) is 4.09. The van der Waals surface area contributed by atoms with E-state index in [1.165, 1.54) is 24.3 Å². The molecule has 0 fully saturated rings. The molecular formula is C21H15ClN2O5S. The molecule has 0 saturated carbocycles. The quantitative estimate of drug-likeness (QED) is 0.621. The minimum Gasteiger partial charge on any atom is -0.486 e. The normalized spacial score (nSPS) is 12.7. The summed E-state index contributed by atoms with van der Waals surface area (Å²) in [5, 5.41) is 9.50. The van der Waals surface area contributed by atoms with Crippen LogP contribution in [0.15, 0.2) is 65.6 Å². The van der Waals surface area contributed by atoms with Crippen molar-refractivity contribution in [2.75, 3.05) is 17.9 Å². The molecule has 0 aromatic heterocycles. The van der Waals surface area contributed by atoms with E-state index in [4.69, 9.17) is 25.8 Å². The first kappa shape index (κ1) is 19.9. The van der Waals surface area contributed by atoms with Crippen LogP contribution in [0, 0.1) is 11.3 Å². The summed E-state index contributed by atoms with van der Waals surface area (Å²) in [6, 6.07) is 17.5. The molecule has 0 bridgehead atoms. The molecule has 1 aliphatic heterocycles. The van der Waals surface area contributed by atoms with Crippen LogP contribution in [0.2, 0.25) is 5.02 Å². The Labute approximate surface area is 178 Å². The van der Waals surface area contributed by atoms with E-state index in [9.17, 15) is 13.7 Å². The van der Waals surface area contributed by atoms with Crippen LogP contribution in [0.4, 0.5) is 5.69 Å². The van der Waals surface area contributed by atoms with Gasteiger partial charge in [-0.05, 0) is 48.5 Å². The lowest BCUT2D eigenvalue weighted by Gasteiger charge is -2.19. The first-order valence-electron chi connectivity index (χ1n) is 8.85. The zero-order valence-electron chi connectivity index (χ0n) is 15.5. The second kappa shape index (κ2) is 8.14. The number of benzene rings is 3. The van der Waals surface area contributed by atoms with Gasteiger partial charge in [-0.1, -0.05) is 17.7 Å². The maximum Gasteiger partial charge on any atom is 0.261 e. The number of fused-ring (bicyclic) bond motifs is 1. The fraction of sp³-hybridized carbons (Fsp3) is 0.0952. The molecule has 0 saturated heterocycles. The zero-order chi connectivity index (χ0) is 21.1. The zero-order valence-corrected chi connectivity index (χ0v) is 17.0. The second-order valence-electron chi connectivity index (χ2n) is 6.26. The Balaban J connectivity index is 1.52. The number of ether oxygens (including phenoxy) is 3. The molecule has 4 rings (SSSR count). The molecule has 0 radical (unpaired) electrons. The van der Waals surface area contributed by atoms with E-state index in [1.54, 1.807) is 36.4 Å². The van der Waals surface area contributed by atoms with Crippen molar-refractivity contribution < 1.29 is 22.6 Å². The summed E-state index contributed by atoms with van der Waals surface area (Å²) in [7, 11) is -3.82. The molecule has 7 nitrogen and oxygen atoms in total. The monoisotopic (exact) mass is 442 g/mol. The van der Waals surface area contributed by atoms with Crippen molar-refractivity contribution in [3.05, 3.63) is 71.2 Å². The lowest BCUT2D eigenvalue weighted by Crippen LogP contribution is -2.16. The molecule has 3 aromatic rings. The first-order chi connectivity index (χ1) is 14.5. The SMILES string of the molecule is N#Cc1c(Cl)cccc1Oc1ccc(S(=O)(=O)Nc2ccc3c(c2)OCCO3)cc1. The third kappa shape index (κ3) is 4.13. The standard InChI is InChI=1S/C21H15ClN2O5S/c22-18-2-1-3-19(17(18)13-23)29-15-5-7-16(8-6-15)30(25,26)24-14-4-9-20-21(12-14)28-11-10-27-20/h1-9,12,24H,10-11H2. The van der Waals surface area contributed by atoms with Gasteiger partial charge in [-0.3, -0.25) is 4.72 Å². The summed E-state index contributed by atoms with van der Waals surface area (Å²) in [5.41, 5.74) is 0.563. The number of hydrogen-bond acceptors (Lipinski definition) is 6. The largest absolute Gasteiger partial charge is 0.486 e. The average Bonchev–Trinajstić information content (AvgIpc) is 2.74. The highest BCUT2D eigenvalue weighted by Crippen LogP contribution is 2.34. The Morgan fingerprint density at radius 1 is 1.00 bits per heavy atom. The highest BCUT2D eigenvalue weighted by molar-refractivity contribution is 7.92. The van der Waals surface area contributed by atoms with E-state index in [1.807, 2.05) is 6.07 Å². The van der Waals surface area contributed by atoms with Crippen LogP contribution < -0.4 is 18.9 Å². The van der Waals surface area contributed by atoms with Crippen LogP contribution in [0.25, 0.3) is 0 Å². The van der Waals surface area contributed by atoms with Gasteiger partial charge < -0.3 is 14.2 Å². The first-order valence-corrected chi connectivity index (χ1v) is 10.7. The van der Waals surface area contributed by atoms with Crippen molar-refractivity contribution in [2.45, 2.75) is 4.90 Å². The van der Waals surface area contributed by atoms with Crippen molar-refractivity contribution in [2.24, 2.45) is 0 Å². The number of nitrogens with zero attached hydrogens (tertiary/aromatic N) is 1. The van der Waals surface area contributed by atoms with Crippen molar-refractivity contribution in [3.8, 4) is 29.1 Å². The lowest BCUT2D eigenvalue weighted by atomic mass is 10.2. The summed E-state index contributed by atoms with van der Waals surface area (Å²) in [6.45, 7) is 0.863. The van der Waals surface area contributed by atoms with E-state index >= 15 is 0 Å². The average molecular weight is 443 g/mol. The van der Waals surface area contributed by atoms with E-state index in [0.717, 1.165) is 0 Å². The Morgan fingerprint density at radius 3 is 2.47 bits per heavy atom. The Hall–Kier alpha value is -3.41. The molecule has 0 unspecified atom stereocenters. The van der Waals surface area contributed by atoms with Crippen LogP contribution in [0.3, 0.4) is 0 Å². The lowest BCUT2D eigenvalue weighted by molar-refractivity contribution is 0.171. The molecule has 0 amide bonds. The minimum atomic E-state index is -3.82. The molecule has 152 valence electrons. The predicted molar refractivity (Wildman–Crippen MR) is 111 cm³/mol. The summed E-state index contributed by atoms with van der Waals surface area (Å²) < 4.78 is 44.5. The maximum absolute atomic E-state index is 12.7. The minimum absolute atomic E-state index is 0.0522. The van der Waals surface area contributed by atoms with Gasteiger partial charge >= 0.3 is 0 Å². The van der Waals surface area contributed by atoms with Crippen molar-refractivity contribution in [1.82, 2.24) is 0 Å². The number of anilines is 1. The van der Waals surface area contributed by atoms with Gasteiger partial charge in [0.15, 0.2) is 11.5 Å². The summed E-state index contributed by atoms with van der Waals surface area (Å²) >= 11 is 6.00. The van der Waals surface area contributed by atoms with Crippen LogP contribution in [-0.4, -0.2) is 21.6 Å². The van der Waals surface area contributed by atoms with E-state index in [0.29, 0.717) is 36.1 Å². The third-order valence-corrected chi connectivity index (χ3v) is 5.96. The second-order valence-corrected chi connectivity index (χ2v) is 8.35. The smallest absolute Gasteiger partial charge is 0.261 e. The van der Waals surface area contributed by atoms with E-state index in [2.05, 4.69) is 4.72 Å². The van der Waals surface area contributed by atoms with Gasteiger partial charge in [0.05, 0.1) is 15.6 Å². The topological polar surface area (TPSA) is 97.7 Å². The Bertz CT molecular complexity index is 1240. The Kier molecular flexibility index (Phi) is 5.40. The molecular weight excluding hydrogens is 428 g/mol. The summed E-state index contributed by atoms with van der Waals surface area (Å²) in [4.78, 5) is 0.0522. The van der Waals surface area contributed by atoms with Crippen molar-refractivity contribution in [1.29, 1.82) is 5.26 Å². The fourth-order valence-electron chi connectivity index (χ4n) is 2.83. The van der Waals surface area contributed by atoms with E-state index < -0.39 is 10.0 Å². The van der Waals surface area contributed by atoms with Gasteiger partial charge in [-0.25, -0.2) is 8.42 Å². The highest BCUT2D eigenvalue weighted by Gasteiger charge is 2.18. The van der Waals surface area contributed by atoms with Crippen molar-refractivity contribution in [3.63, 3.8) is 0 Å². The van der Waals surface area contributed by atoms with Crippen molar-refractivity contribution >= 4 is 27.3 Å². The van der Waals surface area contributed by atoms with Crippen LogP contribution in [0.5, 0.6) is 23.0 Å². The number of nitrogens with one attached hydrogen (secondary N) is 1. The number of nitriles is 1. The van der Waals surface area contributed by atoms with Gasteiger partial charge in [0.25, 0.3) is 10.0 Å². The molecule has 0 spiro atoms. The van der Waals surface area contributed by atoms with Gasteiger partial charge in [0.2, 0.25) is 0 Å².